The summed E-state index contributed by atoms with van der Waals surface area (Å²) in [6, 6.07) is 7.13. The van der Waals surface area contributed by atoms with Crippen LogP contribution in [-0.4, -0.2) is 14.9 Å². The quantitative estimate of drug-likeness (QED) is 0.811. The number of aryl methyl sites for hydroxylation is 1. The van der Waals surface area contributed by atoms with Gasteiger partial charge >= 0.3 is 5.69 Å². The second kappa shape index (κ2) is 4.71. The Labute approximate surface area is 107 Å². The minimum atomic E-state index is -0.187. The Balaban J connectivity index is 2.23. The van der Waals surface area contributed by atoms with Crippen LogP contribution in [0.25, 0.3) is 0 Å². The summed E-state index contributed by atoms with van der Waals surface area (Å²) in [5, 5.41) is 0. The average molecular weight is 295 g/mol. The number of rotatable bonds is 3. The van der Waals surface area contributed by atoms with E-state index < -0.39 is 0 Å². The van der Waals surface area contributed by atoms with Gasteiger partial charge in [-0.25, -0.2) is 4.79 Å². The normalized spacial score (nSPS) is 10.5. The summed E-state index contributed by atoms with van der Waals surface area (Å²) in [5.41, 5.74) is 0.406. The van der Waals surface area contributed by atoms with E-state index in [1.54, 1.807) is 37.6 Å². The number of imidazole rings is 1. The molecule has 2 aromatic rings. The lowest BCUT2D eigenvalue weighted by Crippen LogP contribution is -2.25. The van der Waals surface area contributed by atoms with E-state index in [0.29, 0.717) is 5.56 Å². The van der Waals surface area contributed by atoms with Crippen molar-refractivity contribution in [2.75, 3.05) is 0 Å². The Bertz CT molecular complexity index is 613. The Morgan fingerprint density at radius 1 is 1.35 bits per heavy atom. The molecule has 0 spiro atoms. The van der Waals surface area contributed by atoms with E-state index in [-0.39, 0.29) is 18.0 Å². The maximum absolute atomic E-state index is 11.9. The van der Waals surface area contributed by atoms with Gasteiger partial charge in [0, 0.05) is 29.5 Å². The summed E-state index contributed by atoms with van der Waals surface area (Å²) in [5.74, 6) is -0.0837. The van der Waals surface area contributed by atoms with E-state index >= 15 is 0 Å². The maximum atomic E-state index is 11.9. The van der Waals surface area contributed by atoms with Gasteiger partial charge in [0.05, 0.1) is 6.54 Å². The molecule has 88 valence electrons. The van der Waals surface area contributed by atoms with E-state index in [9.17, 15) is 9.59 Å². The van der Waals surface area contributed by atoms with Crippen molar-refractivity contribution >= 4 is 21.7 Å². The summed E-state index contributed by atoms with van der Waals surface area (Å²) in [6.45, 7) is 0.0656. The highest BCUT2D eigenvalue weighted by atomic mass is 79.9. The van der Waals surface area contributed by atoms with Crippen molar-refractivity contribution in [3.63, 3.8) is 0 Å². The zero-order chi connectivity index (χ0) is 12.4. The third kappa shape index (κ3) is 2.55. The van der Waals surface area contributed by atoms with Gasteiger partial charge in [-0.05, 0) is 12.1 Å². The van der Waals surface area contributed by atoms with Crippen molar-refractivity contribution in [3.05, 3.63) is 57.2 Å². The molecular weight excluding hydrogens is 284 g/mol. The Kier molecular flexibility index (Phi) is 3.28. The average Bonchev–Trinajstić information content (AvgIpc) is 2.61. The summed E-state index contributed by atoms with van der Waals surface area (Å²) >= 11 is 3.31. The van der Waals surface area contributed by atoms with Crippen LogP contribution in [0.2, 0.25) is 0 Å². The first kappa shape index (κ1) is 11.9. The Morgan fingerprint density at radius 2 is 2.12 bits per heavy atom. The molecule has 4 nitrogen and oxygen atoms in total. The molecule has 0 aliphatic rings. The van der Waals surface area contributed by atoms with Crippen LogP contribution in [0.3, 0.4) is 0 Å². The molecule has 0 bridgehead atoms. The van der Waals surface area contributed by atoms with Crippen molar-refractivity contribution < 1.29 is 4.79 Å². The monoisotopic (exact) mass is 294 g/mol. The molecule has 0 unspecified atom stereocenters. The van der Waals surface area contributed by atoms with Crippen LogP contribution in [0.15, 0.2) is 45.9 Å². The van der Waals surface area contributed by atoms with E-state index in [2.05, 4.69) is 15.9 Å². The summed E-state index contributed by atoms with van der Waals surface area (Å²) in [7, 11) is 1.66. The van der Waals surface area contributed by atoms with Gasteiger partial charge in [-0.1, -0.05) is 28.1 Å². The smallest absolute Gasteiger partial charge is 0.302 e. The lowest BCUT2D eigenvalue weighted by molar-refractivity contribution is 0.0970. The van der Waals surface area contributed by atoms with Gasteiger partial charge in [0.1, 0.15) is 0 Å². The van der Waals surface area contributed by atoms with Gasteiger partial charge in [-0.2, -0.15) is 0 Å². The van der Waals surface area contributed by atoms with E-state index in [1.807, 2.05) is 6.07 Å². The van der Waals surface area contributed by atoms with Gasteiger partial charge in [0.15, 0.2) is 5.78 Å². The fourth-order valence-corrected chi connectivity index (χ4v) is 1.94. The van der Waals surface area contributed by atoms with Crippen molar-refractivity contribution in [3.8, 4) is 0 Å². The molecule has 0 fully saturated rings. The minimum absolute atomic E-state index is 0.0656. The molecule has 0 radical (unpaired) electrons. The molecule has 0 atom stereocenters. The lowest BCUT2D eigenvalue weighted by atomic mass is 10.1. The van der Waals surface area contributed by atoms with Gasteiger partial charge < -0.3 is 4.57 Å². The summed E-state index contributed by atoms with van der Waals surface area (Å²) < 4.78 is 3.68. The first-order chi connectivity index (χ1) is 8.08. The number of aromatic nitrogens is 2. The predicted octanol–water partition coefficient (Wildman–Crippen LogP) is 1.83. The Morgan fingerprint density at radius 3 is 2.71 bits per heavy atom. The van der Waals surface area contributed by atoms with E-state index in [1.165, 1.54) is 9.13 Å². The fourth-order valence-electron chi connectivity index (χ4n) is 1.54. The standard InChI is InChI=1S/C12H11BrN2O2/c1-14-5-6-15(12(14)17)8-11(16)9-3-2-4-10(13)7-9/h2-7H,8H2,1H3. The SMILES string of the molecule is Cn1ccn(CC(=O)c2cccc(Br)c2)c1=O. The van der Waals surface area contributed by atoms with Crippen molar-refractivity contribution in [1.29, 1.82) is 0 Å². The van der Waals surface area contributed by atoms with Crippen LogP contribution in [0, 0.1) is 0 Å². The first-order valence-corrected chi connectivity index (χ1v) is 5.88. The highest BCUT2D eigenvalue weighted by Crippen LogP contribution is 2.12. The van der Waals surface area contributed by atoms with Crippen LogP contribution in [0.5, 0.6) is 0 Å². The number of nitrogens with zero attached hydrogens (tertiary/aromatic N) is 2. The number of hydrogen-bond donors (Lipinski definition) is 0. The van der Waals surface area contributed by atoms with Crippen LogP contribution in [0.4, 0.5) is 0 Å². The molecule has 5 heteroatoms. The second-order valence-electron chi connectivity index (χ2n) is 3.75. The second-order valence-corrected chi connectivity index (χ2v) is 4.67. The molecule has 0 aliphatic carbocycles. The van der Waals surface area contributed by atoms with Gasteiger partial charge in [0.25, 0.3) is 0 Å². The summed E-state index contributed by atoms with van der Waals surface area (Å²) in [4.78, 5) is 23.5. The molecule has 0 aliphatic heterocycles. The van der Waals surface area contributed by atoms with Crippen molar-refractivity contribution in [2.45, 2.75) is 6.54 Å². The molecule has 0 amide bonds. The van der Waals surface area contributed by atoms with Crippen LogP contribution < -0.4 is 5.69 Å². The van der Waals surface area contributed by atoms with Crippen LogP contribution in [0.1, 0.15) is 10.4 Å². The molecular formula is C12H11BrN2O2. The molecule has 1 aromatic carbocycles. The van der Waals surface area contributed by atoms with Gasteiger partial charge in [-0.3, -0.25) is 9.36 Å². The van der Waals surface area contributed by atoms with Crippen molar-refractivity contribution in [1.82, 2.24) is 9.13 Å². The predicted molar refractivity (Wildman–Crippen MR) is 68.1 cm³/mol. The van der Waals surface area contributed by atoms with E-state index in [0.717, 1.165) is 4.47 Å². The number of Topliss-reactive ketones (excluding diaryl/α,β-unsaturated/α-hetero) is 1. The zero-order valence-electron chi connectivity index (χ0n) is 9.26. The molecule has 0 saturated heterocycles. The molecule has 1 heterocycles. The molecule has 0 N–H and O–H groups in total. The molecule has 17 heavy (non-hydrogen) atoms. The molecule has 0 saturated carbocycles. The first-order valence-electron chi connectivity index (χ1n) is 5.08. The lowest BCUT2D eigenvalue weighted by Gasteiger charge is -2.02. The zero-order valence-corrected chi connectivity index (χ0v) is 10.8. The molecule has 1 aromatic heterocycles. The van der Waals surface area contributed by atoms with E-state index in [4.69, 9.17) is 0 Å². The van der Waals surface area contributed by atoms with Crippen LogP contribution in [-0.2, 0) is 13.6 Å². The van der Waals surface area contributed by atoms with Gasteiger partial charge in [-0.15, -0.1) is 0 Å². The maximum Gasteiger partial charge on any atom is 0.328 e. The highest BCUT2D eigenvalue weighted by molar-refractivity contribution is 9.10. The molecule has 2 rings (SSSR count). The Hall–Kier alpha value is -1.62. The third-order valence-corrected chi connectivity index (χ3v) is 2.97. The number of carbonyl (C=O) groups is 1. The topological polar surface area (TPSA) is 44.0 Å². The fraction of sp³-hybridized carbons (Fsp3) is 0.167. The highest BCUT2D eigenvalue weighted by Gasteiger charge is 2.09. The van der Waals surface area contributed by atoms with Crippen molar-refractivity contribution in [2.24, 2.45) is 7.05 Å². The largest absolute Gasteiger partial charge is 0.328 e. The minimum Gasteiger partial charge on any atom is -0.302 e. The number of hydrogen-bond acceptors (Lipinski definition) is 2. The number of benzene rings is 1. The summed E-state index contributed by atoms with van der Waals surface area (Å²) in [6.07, 6.45) is 3.24. The number of ketones is 1. The van der Waals surface area contributed by atoms with Gasteiger partial charge in [0.2, 0.25) is 0 Å². The number of halogens is 1. The number of carbonyl (C=O) groups excluding carboxylic acids is 1. The van der Waals surface area contributed by atoms with Crippen LogP contribution >= 0.6 is 15.9 Å². The third-order valence-electron chi connectivity index (χ3n) is 2.48.